The van der Waals surface area contributed by atoms with Crippen LogP contribution in [0.5, 0.6) is 0 Å². The average Bonchev–Trinajstić information content (AvgIpc) is 2.97. The molecule has 0 atom stereocenters. The maximum absolute atomic E-state index is 12.0. The van der Waals surface area contributed by atoms with Gasteiger partial charge < -0.3 is 5.32 Å². The number of hydrogen-bond donors (Lipinski definition) is 1. The Balaban J connectivity index is 1.96. The largest absolute Gasteiger partial charge is 0.351 e. The molecule has 106 valence electrons. The van der Waals surface area contributed by atoms with Crippen molar-refractivity contribution in [2.24, 2.45) is 0 Å². The fourth-order valence-corrected chi connectivity index (χ4v) is 1.87. The second-order valence-electron chi connectivity index (χ2n) is 4.52. The van der Waals surface area contributed by atoms with Crippen molar-refractivity contribution in [2.75, 3.05) is 6.54 Å². The number of aromatic nitrogens is 3. The Labute approximate surface area is 117 Å². The van der Waals surface area contributed by atoms with E-state index >= 15 is 0 Å². The van der Waals surface area contributed by atoms with Gasteiger partial charge in [-0.2, -0.15) is 0 Å². The van der Waals surface area contributed by atoms with Gasteiger partial charge >= 0.3 is 0 Å². The third kappa shape index (κ3) is 3.63. The molecule has 1 N–H and O–H groups in total. The molecule has 0 fully saturated rings. The Morgan fingerprint density at radius 3 is 2.95 bits per heavy atom. The van der Waals surface area contributed by atoms with Crippen LogP contribution in [0.2, 0.25) is 0 Å². The van der Waals surface area contributed by atoms with E-state index in [0.29, 0.717) is 17.8 Å². The van der Waals surface area contributed by atoms with Gasteiger partial charge in [0.1, 0.15) is 5.69 Å². The van der Waals surface area contributed by atoms with Gasteiger partial charge in [-0.05, 0) is 28.9 Å². The summed E-state index contributed by atoms with van der Waals surface area (Å²) >= 11 is 0. The van der Waals surface area contributed by atoms with E-state index in [0.717, 1.165) is 12.8 Å². The third-order valence-corrected chi connectivity index (χ3v) is 2.95. The fourth-order valence-electron chi connectivity index (χ4n) is 1.87. The van der Waals surface area contributed by atoms with Gasteiger partial charge in [0, 0.05) is 24.5 Å². The highest BCUT2D eigenvalue weighted by Gasteiger charge is 2.19. The number of carbonyl (C=O) groups excluding carboxylic acids is 1. The topological polar surface area (TPSA) is 80.9 Å². The lowest BCUT2D eigenvalue weighted by Gasteiger charge is -2.03. The lowest BCUT2D eigenvalue weighted by Crippen LogP contribution is -2.25. The van der Waals surface area contributed by atoms with Crippen LogP contribution < -0.4 is 5.32 Å². The Bertz CT molecular complexity index is 539. The molecule has 0 saturated carbocycles. The molecular weight excluding hydrogens is 256 g/mol. The Hall–Kier alpha value is -2.24. The molecule has 2 aromatic heterocycles. The molecular formula is C14H18N4O2. The van der Waals surface area contributed by atoms with Gasteiger partial charge in [-0.25, -0.2) is 4.63 Å². The zero-order valence-corrected chi connectivity index (χ0v) is 11.5. The molecule has 0 aromatic carbocycles. The minimum atomic E-state index is -0.262. The van der Waals surface area contributed by atoms with E-state index in [2.05, 4.69) is 32.2 Å². The first-order valence-electron chi connectivity index (χ1n) is 6.84. The van der Waals surface area contributed by atoms with Crippen LogP contribution in [0.4, 0.5) is 0 Å². The number of hydrogen-bond acceptors (Lipinski definition) is 5. The quantitative estimate of drug-likeness (QED) is 0.784. The smallest absolute Gasteiger partial charge is 0.275 e. The Morgan fingerprint density at radius 2 is 2.20 bits per heavy atom. The summed E-state index contributed by atoms with van der Waals surface area (Å²) in [5.41, 5.74) is 1.34. The van der Waals surface area contributed by atoms with E-state index in [1.54, 1.807) is 18.5 Å². The van der Waals surface area contributed by atoms with Crippen molar-refractivity contribution in [2.45, 2.75) is 32.6 Å². The molecule has 1 amide bonds. The molecule has 0 aliphatic heterocycles. The van der Waals surface area contributed by atoms with Crippen molar-refractivity contribution in [3.05, 3.63) is 30.2 Å². The third-order valence-electron chi connectivity index (χ3n) is 2.95. The average molecular weight is 274 g/mol. The number of carbonyl (C=O) groups is 1. The van der Waals surface area contributed by atoms with Crippen molar-refractivity contribution in [1.82, 2.24) is 20.6 Å². The second-order valence-corrected chi connectivity index (χ2v) is 4.52. The molecule has 20 heavy (non-hydrogen) atoms. The first-order chi connectivity index (χ1) is 9.83. The molecule has 2 rings (SSSR count). The van der Waals surface area contributed by atoms with E-state index in [1.165, 1.54) is 12.8 Å². The molecule has 0 unspecified atom stereocenters. The molecule has 2 heterocycles. The second kappa shape index (κ2) is 7.37. The van der Waals surface area contributed by atoms with E-state index in [1.807, 2.05) is 6.07 Å². The molecule has 0 spiro atoms. The monoisotopic (exact) mass is 274 g/mol. The van der Waals surface area contributed by atoms with E-state index in [-0.39, 0.29) is 11.6 Å². The first-order valence-corrected chi connectivity index (χ1v) is 6.84. The minimum absolute atomic E-state index is 0.202. The van der Waals surface area contributed by atoms with Gasteiger partial charge in [-0.15, -0.1) is 0 Å². The molecule has 0 radical (unpaired) electrons. The number of pyridine rings is 1. The predicted octanol–water partition coefficient (Wildman–Crippen LogP) is 2.44. The summed E-state index contributed by atoms with van der Waals surface area (Å²) in [5, 5.41) is 10.3. The molecule has 6 heteroatoms. The maximum atomic E-state index is 12.0. The Morgan fingerprint density at radius 1 is 1.30 bits per heavy atom. The summed E-state index contributed by atoms with van der Waals surface area (Å²) in [4.78, 5) is 16.0. The summed E-state index contributed by atoms with van der Waals surface area (Å²) in [5.74, 6) is -0.262. The number of rotatable bonds is 7. The lowest BCUT2D eigenvalue weighted by atomic mass is 10.1. The number of unbranched alkanes of at least 4 members (excludes halogenated alkanes) is 3. The summed E-state index contributed by atoms with van der Waals surface area (Å²) in [6.45, 7) is 2.79. The van der Waals surface area contributed by atoms with Crippen molar-refractivity contribution >= 4 is 5.91 Å². The zero-order chi connectivity index (χ0) is 14.2. The fraction of sp³-hybridized carbons (Fsp3) is 0.429. The predicted molar refractivity (Wildman–Crippen MR) is 74.0 cm³/mol. The van der Waals surface area contributed by atoms with Crippen molar-refractivity contribution < 1.29 is 9.42 Å². The molecule has 6 nitrogen and oxygen atoms in total. The number of amides is 1. The standard InChI is InChI=1S/C14H18N4O2/c1-2-3-4-5-9-16-14(19)13-12(17-20-18-13)11-7-6-8-15-10-11/h6-8,10H,2-5,9H2,1H3,(H,16,19). The minimum Gasteiger partial charge on any atom is -0.351 e. The normalized spacial score (nSPS) is 10.4. The van der Waals surface area contributed by atoms with Gasteiger partial charge in [0.15, 0.2) is 5.69 Å². The van der Waals surface area contributed by atoms with E-state index in [9.17, 15) is 4.79 Å². The van der Waals surface area contributed by atoms with Crippen LogP contribution in [0.1, 0.15) is 43.1 Å². The maximum Gasteiger partial charge on any atom is 0.275 e. The summed E-state index contributed by atoms with van der Waals surface area (Å²) in [7, 11) is 0. The molecule has 0 aliphatic rings. The molecule has 2 aromatic rings. The van der Waals surface area contributed by atoms with Crippen LogP contribution in [-0.4, -0.2) is 27.7 Å². The van der Waals surface area contributed by atoms with E-state index in [4.69, 9.17) is 0 Å². The first kappa shape index (κ1) is 14.2. The van der Waals surface area contributed by atoms with Crippen LogP contribution in [-0.2, 0) is 0 Å². The number of nitrogens with zero attached hydrogens (tertiary/aromatic N) is 3. The van der Waals surface area contributed by atoms with Gasteiger partial charge in [-0.1, -0.05) is 26.2 Å². The number of nitrogens with one attached hydrogen (secondary N) is 1. The molecule has 0 saturated heterocycles. The van der Waals surface area contributed by atoms with Crippen LogP contribution in [0, 0.1) is 0 Å². The van der Waals surface area contributed by atoms with Crippen LogP contribution in [0.3, 0.4) is 0 Å². The summed E-state index contributed by atoms with van der Waals surface area (Å²) < 4.78 is 4.68. The van der Waals surface area contributed by atoms with Crippen molar-refractivity contribution in [3.8, 4) is 11.3 Å². The van der Waals surface area contributed by atoms with Gasteiger partial charge in [0.2, 0.25) is 0 Å². The summed E-state index contributed by atoms with van der Waals surface area (Å²) in [6, 6.07) is 3.58. The Kier molecular flexibility index (Phi) is 5.23. The highest BCUT2D eigenvalue weighted by Crippen LogP contribution is 2.18. The lowest BCUT2D eigenvalue weighted by molar-refractivity contribution is 0.0943. The van der Waals surface area contributed by atoms with Crippen molar-refractivity contribution in [1.29, 1.82) is 0 Å². The van der Waals surface area contributed by atoms with Gasteiger partial charge in [0.25, 0.3) is 5.91 Å². The van der Waals surface area contributed by atoms with Crippen molar-refractivity contribution in [3.63, 3.8) is 0 Å². The zero-order valence-electron chi connectivity index (χ0n) is 11.5. The van der Waals surface area contributed by atoms with Crippen LogP contribution in [0.25, 0.3) is 11.3 Å². The van der Waals surface area contributed by atoms with Crippen LogP contribution in [0.15, 0.2) is 29.2 Å². The molecule has 0 bridgehead atoms. The SMILES string of the molecule is CCCCCCNC(=O)c1nonc1-c1cccnc1. The summed E-state index contributed by atoms with van der Waals surface area (Å²) in [6.07, 6.45) is 7.72. The highest BCUT2D eigenvalue weighted by atomic mass is 16.6. The van der Waals surface area contributed by atoms with E-state index < -0.39 is 0 Å². The molecule has 0 aliphatic carbocycles. The van der Waals surface area contributed by atoms with Gasteiger partial charge in [-0.3, -0.25) is 9.78 Å². The van der Waals surface area contributed by atoms with Crippen LogP contribution >= 0.6 is 0 Å². The van der Waals surface area contributed by atoms with Gasteiger partial charge in [0.05, 0.1) is 0 Å². The highest BCUT2D eigenvalue weighted by molar-refractivity contribution is 5.97.